The van der Waals surface area contributed by atoms with Gasteiger partial charge in [-0.05, 0) is 13.0 Å². The number of nitrogens with zero attached hydrogens (tertiary/aromatic N) is 3. The second-order valence-electron chi connectivity index (χ2n) is 3.42. The number of hydrogen-bond acceptors (Lipinski definition) is 5. The van der Waals surface area contributed by atoms with Crippen LogP contribution in [-0.2, 0) is 0 Å². The highest BCUT2D eigenvalue weighted by Gasteiger charge is 2.15. The fourth-order valence-electron chi connectivity index (χ4n) is 1.47. The molecule has 0 aromatic carbocycles. The second kappa shape index (κ2) is 5.67. The highest BCUT2D eigenvalue weighted by molar-refractivity contribution is 7.09. The van der Waals surface area contributed by atoms with E-state index in [9.17, 15) is 0 Å². The van der Waals surface area contributed by atoms with E-state index in [1.807, 2.05) is 11.7 Å². The molecule has 0 saturated heterocycles. The van der Waals surface area contributed by atoms with E-state index in [1.165, 1.54) is 4.88 Å². The molecule has 1 unspecified atom stereocenters. The highest BCUT2D eigenvalue weighted by Crippen LogP contribution is 2.22. The average molecular weight is 234 g/mol. The molecule has 2 rings (SSSR count). The molecule has 0 spiro atoms. The van der Waals surface area contributed by atoms with E-state index in [0.717, 1.165) is 18.7 Å². The van der Waals surface area contributed by atoms with Crippen molar-refractivity contribution in [1.29, 1.82) is 0 Å². The van der Waals surface area contributed by atoms with Crippen LogP contribution in [0, 0.1) is 0 Å². The fraction of sp³-hybridized carbons (Fsp3) is 0.364. The van der Waals surface area contributed by atoms with Crippen molar-refractivity contribution in [1.82, 2.24) is 20.3 Å². The van der Waals surface area contributed by atoms with Gasteiger partial charge < -0.3 is 5.32 Å². The van der Waals surface area contributed by atoms with Gasteiger partial charge in [0, 0.05) is 23.5 Å². The molecule has 2 heterocycles. The molecule has 0 saturated carbocycles. The Bertz CT molecular complexity index is 401. The summed E-state index contributed by atoms with van der Waals surface area (Å²) < 4.78 is 0. The van der Waals surface area contributed by atoms with Crippen molar-refractivity contribution in [3.8, 4) is 0 Å². The van der Waals surface area contributed by atoms with E-state index in [0.29, 0.717) is 0 Å². The van der Waals surface area contributed by atoms with Crippen LogP contribution < -0.4 is 5.32 Å². The van der Waals surface area contributed by atoms with Crippen LogP contribution >= 0.6 is 11.3 Å². The normalized spacial score (nSPS) is 12.6. The summed E-state index contributed by atoms with van der Waals surface area (Å²) in [6.07, 6.45) is 8.18. The highest BCUT2D eigenvalue weighted by atomic mass is 32.1. The lowest BCUT2D eigenvalue weighted by atomic mass is 10.2. The van der Waals surface area contributed by atoms with Crippen LogP contribution in [0.3, 0.4) is 0 Å². The molecule has 0 aliphatic rings. The predicted molar refractivity (Wildman–Crippen MR) is 64.3 cm³/mol. The summed E-state index contributed by atoms with van der Waals surface area (Å²) >= 11 is 1.63. The molecule has 0 bridgehead atoms. The van der Waals surface area contributed by atoms with Crippen LogP contribution in [0.1, 0.15) is 30.0 Å². The van der Waals surface area contributed by atoms with Crippen LogP contribution in [0.2, 0.25) is 0 Å². The van der Waals surface area contributed by atoms with Crippen LogP contribution in [-0.4, -0.2) is 21.5 Å². The van der Waals surface area contributed by atoms with Gasteiger partial charge in [0.25, 0.3) is 0 Å². The third-order valence-corrected chi connectivity index (χ3v) is 3.05. The third-order valence-electron chi connectivity index (χ3n) is 2.21. The standard InChI is InChI=1S/C11H14N4S/c1-2-3-15-11(10-7-13-8-16-10)9-6-12-4-5-14-9/h4-8,11,15H,2-3H2,1H3. The first-order valence-corrected chi connectivity index (χ1v) is 6.17. The fourth-order valence-corrected chi connectivity index (χ4v) is 2.17. The lowest BCUT2D eigenvalue weighted by Crippen LogP contribution is -2.23. The summed E-state index contributed by atoms with van der Waals surface area (Å²) in [7, 11) is 0. The summed E-state index contributed by atoms with van der Waals surface area (Å²) in [4.78, 5) is 13.7. The van der Waals surface area contributed by atoms with Crippen molar-refractivity contribution in [2.24, 2.45) is 0 Å². The van der Waals surface area contributed by atoms with Crippen molar-refractivity contribution in [2.75, 3.05) is 6.54 Å². The molecule has 0 radical (unpaired) electrons. The van der Waals surface area contributed by atoms with E-state index >= 15 is 0 Å². The molecule has 5 heteroatoms. The van der Waals surface area contributed by atoms with Gasteiger partial charge in [-0.1, -0.05) is 6.92 Å². The summed E-state index contributed by atoms with van der Waals surface area (Å²) in [5.41, 5.74) is 2.78. The second-order valence-corrected chi connectivity index (χ2v) is 4.34. The Labute approximate surface area is 98.8 Å². The van der Waals surface area contributed by atoms with Crippen LogP contribution in [0.25, 0.3) is 0 Å². The van der Waals surface area contributed by atoms with Gasteiger partial charge in [-0.25, -0.2) is 0 Å². The molecule has 1 N–H and O–H groups in total. The first-order valence-electron chi connectivity index (χ1n) is 5.29. The molecule has 0 aliphatic carbocycles. The van der Waals surface area contributed by atoms with Crippen molar-refractivity contribution < 1.29 is 0 Å². The minimum absolute atomic E-state index is 0.112. The van der Waals surface area contributed by atoms with Gasteiger partial charge in [-0.15, -0.1) is 11.3 Å². The quantitative estimate of drug-likeness (QED) is 0.860. The van der Waals surface area contributed by atoms with Crippen molar-refractivity contribution in [3.63, 3.8) is 0 Å². The Balaban J connectivity index is 2.21. The van der Waals surface area contributed by atoms with Crippen LogP contribution in [0.15, 0.2) is 30.3 Å². The maximum atomic E-state index is 4.34. The summed E-state index contributed by atoms with van der Waals surface area (Å²) in [5.74, 6) is 0. The van der Waals surface area contributed by atoms with Gasteiger partial charge >= 0.3 is 0 Å². The SMILES string of the molecule is CCCNC(c1cnccn1)c1cncs1. The number of hydrogen-bond donors (Lipinski definition) is 1. The zero-order valence-electron chi connectivity index (χ0n) is 9.13. The Hall–Kier alpha value is -1.33. The molecule has 2 aromatic rings. The zero-order chi connectivity index (χ0) is 11.2. The molecule has 1 atom stereocenters. The number of nitrogens with one attached hydrogen (secondary N) is 1. The van der Waals surface area contributed by atoms with Gasteiger partial charge in [0.1, 0.15) is 0 Å². The smallest absolute Gasteiger partial charge is 0.0876 e. The van der Waals surface area contributed by atoms with Crippen molar-refractivity contribution in [2.45, 2.75) is 19.4 Å². The first kappa shape index (κ1) is 11.2. The molecular formula is C11H14N4S. The Morgan fingerprint density at radius 3 is 2.88 bits per heavy atom. The van der Waals surface area contributed by atoms with Gasteiger partial charge in [0.2, 0.25) is 0 Å². The summed E-state index contributed by atoms with van der Waals surface area (Å²) in [6.45, 7) is 3.10. The van der Waals surface area contributed by atoms with Crippen molar-refractivity contribution >= 4 is 11.3 Å². The van der Waals surface area contributed by atoms with E-state index in [-0.39, 0.29) is 6.04 Å². The van der Waals surface area contributed by atoms with E-state index in [2.05, 4.69) is 27.2 Å². The number of thiazole rings is 1. The maximum absolute atomic E-state index is 4.34. The Morgan fingerprint density at radius 1 is 1.31 bits per heavy atom. The number of aromatic nitrogens is 3. The molecular weight excluding hydrogens is 220 g/mol. The molecule has 16 heavy (non-hydrogen) atoms. The monoisotopic (exact) mass is 234 g/mol. The Kier molecular flexibility index (Phi) is 3.96. The van der Waals surface area contributed by atoms with Crippen molar-refractivity contribution in [3.05, 3.63) is 40.9 Å². The lowest BCUT2D eigenvalue weighted by Gasteiger charge is -2.15. The van der Waals surface area contributed by atoms with Crippen LogP contribution in [0.5, 0.6) is 0 Å². The van der Waals surface area contributed by atoms with Crippen LogP contribution in [0.4, 0.5) is 0 Å². The average Bonchev–Trinajstić information content (AvgIpc) is 2.85. The summed E-state index contributed by atoms with van der Waals surface area (Å²) in [6, 6.07) is 0.112. The number of rotatable bonds is 5. The maximum Gasteiger partial charge on any atom is 0.0876 e. The largest absolute Gasteiger partial charge is 0.304 e. The first-order chi connectivity index (χ1) is 7.92. The molecule has 0 fully saturated rings. The van der Waals surface area contributed by atoms with Gasteiger partial charge in [-0.2, -0.15) is 0 Å². The molecule has 0 aliphatic heterocycles. The van der Waals surface area contributed by atoms with Gasteiger partial charge in [0.05, 0.1) is 23.4 Å². The molecule has 4 nitrogen and oxygen atoms in total. The topological polar surface area (TPSA) is 50.7 Å². The molecule has 0 amide bonds. The minimum atomic E-state index is 0.112. The minimum Gasteiger partial charge on any atom is -0.304 e. The van der Waals surface area contributed by atoms with Gasteiger partial charge in [0.15, 0.2) is 0 Å². The summed E-state index contributed by atoms with van der Waals surface area (Å²) in [5, 5.41) is 3.46. The zero-order valence-corrected chi connectivity index (χ0v) is 9.94. The predicted octanol–water partition coefficient (Wildman–Crippen LogP) is 2.02. The molecule has 84 valence electrons. The van der Waals surface area contributed by atoms with E-state index in [4.69, 9.17) is 0 Å². The van der Waals surface area contributed by atoms with E-state index < -0.39 is 0 Å². The van der Waals surface area contributed by atoms with Gasteiger partial charge in [-0.3, -0.25) is 15.0 Å². The van der Waals surface area contributed by atoms with E-state index in [1.54, 1.807) is 29.9 Å². The molecule has 2 aromatic heterocycles. The third kappa shape index (κ3) is 2.62. The lowest BCUT2D eigenvalue weighted by molar-refractivity contribution is 0.591. The Morgan fingerprint density at radius 2 is 2.25 bits per heavy atom.